The van der Waals surface area contributed by atoms with E-state index in [9.17, 15) is 0 Å². The van der Waals surface area contributed by atoms with Gasteiger partial charge in [-0.2, -0.15) is 0 Å². The zero-order valence-electron chi connectivity index (χ0n) is 9.98. The van der Waals surface area contributed by atoms with Crippen molar-refractivity contribution < 1.29 is 0 Å². The highest BCUT2D eigenvalue weighted by Gasteiger charge is 2.25. The van der Waals surface area contributed by atoms with Gasteiger partial charge in [-0.05, 0) is 36.8 Å². The molecule has 0 radical (unpaired) electrons. The van der Waals surface area contributed by atoms with E-state index >= 15 is 0 Å². The fraction of sp³-hybridized carbons (Fsp3) is 0.833. The van der Waals surface area contributed by atoms with Crippen LogP contribution in [-0.2, 0) is 0 Å². The summed E-state index contributed by atoms with van der Waals surface area (Å²) >= 11 is 1.46. The molecule has 1 aromatic heterocycles. The number of hydrogen-bond acceptors (Lipinski definition) is 4. The summed E-state index contributed by atoms with van der Waals surface area (Å²) in [5, 5.41) is 9.93. The van der Waals surface area contributed by atoms with E-state index in [2.05, 4.69) is 27.2 Å². The van der Waals surface area contributed by atoms with Crippen molar-refractivity contribution in [2.24, 2.45) is 5.92 Å². The molecule has 1 aliphatic rings. The predicted molar refractivity (Wildman–Crippen MR) is 67.5 cm³/mol. The summed E-state index contributed by atoms with van der Waals surface area (Å²) < 4.78 is 4.00. The van der Waals surface area contributed by atoms with E-state index in [1.807, 2.05) is 0 Å². The Kier molecular flexibility index (Phi) is 4.72. The van der Waals surface area contributed by atoms with Gasteiger partial charge < -0.3 is 5.32 Å². The van der Waals surface area contributed by atoms with E-state index in [0.717, 1.165) is 18.2 Å². The van der Waals surface area contributed by atoms with Crippen molar-refractivity contribution in [2.75, 3.05) is 6.54 Å². The van der Waals surface area contributed by atoms with Gasteiger partial charge in [-0.1, -0.05) is 37.1 Å². The van der Waals surface area contributed by atoms with Gasteiger partial charge in [0.25, 0.3) is 0 Å². The zero-order chi connectivity index (χ0) is 11.2. The van der Waals surface area contributed by atoms with Gasteiger partial charge >= 0.3 is 0 Å². The molecule has 1 aromatic rings. The fourth-order valence-corrected chi connectivity index (χ4v) is 3.17. The molecule has 2 rings (SSSR count). The number of nitrogens with zero attached hydrogens (tertiary/aromatic N) is 2. The van der Waals surface area contributed by atoms with Crippen LogP contribution in [0.3, 0.4) is 0 Å². The Morgan fingerprint density at radius 1 is 1.38 bits per heavy atom. The standard InChI is InChI=1S/C12H21N3S/c1-2-13-12(11-9-16-15-14-11)10-7-5-3-4-6-8-10/h9-10,12-13H,2-8H2,1H3. The lowest BCUT2D eigenvalue weighted by molar-refractivity contribution is 0.324. The summed E-state index contributed by atoms with van der Waals surface area (Å²) in [5.74, 6) is 0.756. The Balaban J connectivity index is 2.05. The van der Waals surface area contributed by atoms with Crippen LogP contribution in [0.15, 0.2) is 5.38 Å². The Morgan fingerprint density at radius 2 is 2.12 bits per heavy atom. The number of aromatic nitrogens is 2. The minimum Gasteiger partial charge on any atom is -0.309 e. The van der Waals surface area contributed by atoms with Gasteiger partial charge in [0.1, 0.15) is 0 Å². The number of nitrogens with one attached hydrogen (secondary N) is 1. The SMILES string of the molecule is CCNC(c1csnn1)C1CCCCCC1. The molecule has 0 bridgehead atoms. The lowest BCUT2D eigenvalue weighted by Crippen LogP contribution is -2.28. The first kappa shape index (κ1) is 12.0. The molecule has 0 aromatic carbocycles. The fourth-order valence-electron chi connectivity index (χ4n) is 2.68. The van der Waals surface area contributed by atoms with Crippen molar-refractivity contribution in [1.82, 2.24) is 14.9 Å². The van der Waals surface area contributed by atoms with Crippen LogP contribution in [0.1, 0.15) is 57.2 Å². The molecular weight excluding hydrogens is 218 g/mol. The Morgan fingerprint density at radius 3 is 2.69 bits per heavy atom. The van der Waals surface area contributed by atoms with E-state index in [1.165, 1.54) is 50.1 Å². The lowest BCUT2D eigenvalue weighted by Gasteiger charge is -2.25. The molecule has 0 spiro atoms. The second-order valence-electron chi connectivity index (χ2n) is 4.62. The molecular formula is C12H21N3S. The van der Waals surface area contributed by atoms with Crippen LogP contribution < -0.4 is 5.32 Å². The average molecular weight is 239 g/mol. The van der Waals surface area contributed by atoms with Gasteiger partial charge in [0.15, 0.2) is 0 Å². The van der Waals surface area contributed by atoms with Crippen molar-refractivity contribution in [3.05, 3.63) is 11.1 Å². The summed E-state index contributed by atoms with van der Waals surface area (Å²) in [6, 6.07) is 0.432. The zero-order valence-corrected chi connectivity index (χ0v) is 10.8. The molecule has 1 fully saturated rings. The normalized spacial score (nSPS) is 20.6. The smallest absolute Gasteiger partial charge is 0.0927 e. The van der Waals surface area contributed by atoms with Crippen molar-refractivity contribution in [1.29, 1.82) is 0 Å². The van der Waals surface area contributed by atoms with Gasteiger partial charge in [0, 0.05) is 5.38 Å². The first-order chi connectivity index (χ1) is 7.92. The molecule has 90 valence electrons. The summed E-state index contributed by atoms with van der Waals surface area (Å²) in [7, 11) is 0. The molecule has 3 nitrogen and oxygen atoms in total. The van der Waals surface area contributed by atoms with Crippen molar-refractivity contribution >= 4 is 11.5 Å². The predicted octanol–water partition coefficient (Wildman–Crippen LogP) is 3.16. The third kappa shape index (κ3) is 3.01. The monoisotopic (exact) mass is 239 g/mol. The Bertz CT molecular complexity index is 278. The third-order valence-electron chi connectivity index (χ3n) is 3.49. The largest absolute Gasteiger partial charge is 0.309 e. The number of hydrogen-bond donors (Lipinski definition) is 1. The van der Waals surface area contributed by atoms with Crippen LogP contribution in [0.2, 0.25) is 0 Å². The first-order valence-corrected chi connectivity index (χ1v) is 7.25. The highest BCUT2D eigenvalue weighted by molar-refractivity contribution is 7.03. The van der Waals surface area contributed by atoms with Crippen LogP contribution in [0.5, 0.6) is 0 Å². The van der Waals surface area contributed by atoms with Crippen LogP contribution in [0.4, 0.5) is 0 Å². The highest BCUT2D eigenvalue weighted by atomic mass is 32.1. The van der Waals surface area contributed by atoms with E-state index in [1.54, 1.807) is 0 Å². The summed E-state index contributed by atoms with van der Waals surface area (Å²) in [6.45, 7) is 3.18. The van der Waals surface area contributed by atoms with Gasteiger partial charge in [-0.15, -0.1) is 5.10 Å². The minimum atomic E-state index is 0.432. The topological polar surface area (TPSA) is 37.8 Å². The maximum absolute atomic E-state index is 4.25. The molecule has 0 aliphatic heterocycles. The molecule has 1 atom stereocenters. The van der Waals surface area contributed by atoms with Crippen LogP contribution in [0.25, 0.3) is 0 Å². The molecule has 1 saturated carbocycles. The van der Waals surface area contributed by atoms with E-state index < -0.39 is 0 Å². The van der Waals surface area contributed by atoms with E-state index in [0.29, 0.717) is 6.04 Å². The van der Waals surface area contributed by atoms with Crippen LogP contribution >= 0.6 is 11.5 Å². The minimum absolute atomic E-state index is 0.432. The van der Waals surface area contributed by atoms with Gasteiger partial charge in [0.2, 0.25) is 0 Å². The first-order valence-electron chi connectivity index (χ1n) is 6.42. The summed E-state index contributed by atoms with van der Waals surface area (Å²) in [5.41, 5.74) is 1.15. The Hall–Kier alpha value is -0.480. The summed E-state index contributed by atoms with van der Waals surface area (Å²) in [6.07, 6.45) is 8.26. The maximum Gasteiger partial charge on any atom is 0.0927 e. The Labute approximate surface area is 102 Å². The quantitative estimate of drug-likeness (QED) is 0.820. The highest BCUT2D eigenvalue weighted by Crippen LogP contribution is 2.32. The van der Waals surface area contributed by atoms with Gasteiger partial charge in [-0.3, -0.25) is 0 Å². The second-order valence-corrected chi connectivity index (χ2v) is 5.23. The summed E-state index contributed by atoms with van der Waals surface area (Å²) in [4.78, 5) is 0. The molecule has 0 saturated heterocycles. The molecule has 4 heteroatoms. The van der Waals surface area contributed by atoms with Crippen LogP contribution in [-0.4, -0.2) is 16.1 Å². The van der Waals surface area contributed by atoms with Crippen molar-refractivity contribution in [3.8, 4) is 0 Å². The molecule has 1 unspecified atom stereocenters. The lowest BCUT2D eigenvalue weighted by atomic mass is 9.90. The third-order valence-corrected chi connectivity index (χ3v) is 4.01. The molecule has 1 heterocycles. The molecule has 1 aliphatic carbocycles. The molecule has 16 heavy (non-hydrogen) atoms. The molecule has 1 N–H and O–H groups in total. The van der Waals surface area contributed by atoms with Gasteiger partial charge in [0.05, 0.1) is 11.7 Å². The van der Waals surface area contributed by atoms with E-state index in [-0.39, 0.29) is 0 Å². The number of rotatable bonds is 4. The second kappa shape index (κ2) is 6.30. The molecule has 0 amide bonds. The average Bonchev–Trinajstić information content (AvgIpc) is 2.69. The van der Waals surface area contributed by atoms with E-state index in [4.69, 9.17) is 0 Å². The van der Waals surface area contributed by atoms with Crippen LogP contribution in [0, 0.1) is 5.92 Å². The van der Waals surface area contributed by atoms with Crippen molar-refractivity contribution in [2.45, 2.75) is 51.5 Å². The van der Waals surface area contributed by atoms with Crippen molar-refractivity contribution in [3.63, 3.8) is 0 Å². The maximum atomic E-state index is 4.25. The van der Waals surface area contributed by atoms with Gasteiger partial charge in [-0.25, -0.2) is 0 Å².